The number of fused-ring (bicyclic) bond motifs is 1. The molecule has 0 saturated heterocycles. The first-order valence-electron chi connectivity index (χ1n) is 9.22. The van der Waals surface area contributed by atoms with Crippen molar-refractivity contribution >= 4 is 11.6 Å². The quantitative estimate of drug-likeness (QED) is 0.657. The van der Waals surface area contributed by atoms with E-state index in [0.29, 0.717) is 12.2 Å². The van der Waals surface area contributed by atoms with Gasteiger partial charge in [0.15, 0.2) is 5.65 Å². The first-order chi connectivity index (χ1) is 13.1. The molecule has 0 bridgehead atoms. The molecule has 0 spiro atoms. The van der Waals surface area contributed by atoms with Crippen LogP contribution in [0.5, 0.6) is 0 Å². The van der Waals surface area contributed by atoms with Crippen LogP contribution in [0.15, 0.2) is 53.5 Å². The Morgan fingerprint density at radius 1 is 1.07 bits per heavy atom. The van der Waals surface area contributed by atoms with E-state index in [4.69, 9.17) is 0 Å². The zero-order valence-corrected chi connectivity index (χ0v) is 15.8. The highest BCUT2D eigenvalue weighted by molar-refractivity contribution is 5.75. The van der Waals surface area contributed by atoms with Crippen LogP contribution >= 0.6 is 0 Å². The molecule has 27 heavy (non-hydrogen) atoms. The van der Waals surface area contributed by atoms with Gasteiger partial charge in [0.1, 0.15) is 6.54 Å². The van der Waals surface area contributed by atoms with Crippen molar-refractivity contribution in [2.45, 2.75) is 33.5 Å². The molecule has 0 aliphatic carbocycles. The van der Waals surface area contributed by atoms with E-state index < -0.39 is 0 Å². The van der Waals surface area contributed by atoms with Gasteiger partial charge in [0.2, 0.25) is 5.91 Å². The van der Waals surface area contributed by atoms with Crippen molar-refractivity contribution in [2.24, 2.45) is 0 Å². The normalized spacial score (nSPS) is 11.2. The van der Waals surface area contributed by atoms with Crippen LogP contribution in [0.4, 0.5) is 0 Å². The molecule has 1 amide bonds. The zero-order valence-electron chi connectivity index (χ0n) is 15.8. The van der Waals surface area contributed by atoms with E-state index in [9.17, 15) is 9.59 Å². The number of amides is 1. The largest absolute Gasteiger partial charge is 0.350 e. The predicted molar refractivity (Wildman–Crippen MR) is 104 cm³/mol. The fraction of sp³-hybridized carbons (Fsp3) is 0.350. The second-order valence-corrected chi connectivity index (χ2v) is 6.38. The molecule has 7 heteroatoms. The van der Waals surface area contributed by atoms with E-state index in [1.807, 2.05) is 18.2 Å². The molecule has 0 saturated carbocycles. The van der Waals surface area contributed by atoms with Crippen LogP contribution in [0.1, 0.15) is 25.0 Å². The Morgan fingerprint density at radius 2 is 1.78 bits per heavy atom. The molecule has 0 aliphatic heterocycles. The lowest BCUT2D eigenvalue weighted by Gasteiger charge is -2.20. The summed E-state index contributed by atoms with van der Waals surface area (Å²) in [5.41, 5.74) is 2.49. The second-order valence-electron chi connectivity index (χ2n) is 6.38. The summed E-state index contributed by atoms with van der Waals surface area (Å²) in [5.74, 6) is -0.238. The molecule has 0 atom stereocenters. The Bertz CT molecular complexity index is 972. The van der Waals surface area contributed by atoms with Crippen molar-refractivity contribution in [2.75, 3.05) is 13.1 Å². The van der Waals surface area contributed by atoms with E-state index in [1.165, 1.54) is 14.6 Å². The van der Waals surface area contributed by atoms with Crippen LogP contribution < -0.4 is 11.0 Å². The van der Waals surface area contributed by atoms with Gasteiger partial charge in [-0.1, -0.05) is 44.2 Å². The van der Waals surface area contributed by atoms with Crippen LogP contribution in [-0.2, 0) is 24.4 Å². The molecular formula is C20H25N5O2. The Hall–Kier alpha value is -2.93. The molecular weight excluding hydrogens is 342 g/mol. The summed E-state index contributed by atoms with van der Waals surface area (Å²) >= 11 is 0. The molecule has 3 aromatic rings. The van der Waals surface area contributed by atoms with Crippen molar-refractivity contribution in [3.8, 4) is 0 Å². The monoisotopic (exact) mass is 367 g/mol. The molecule has 3 rings (SSSR count). The van der Waals surface area contributed by atoms with Crippen LogP contribution in [-0.4, -0.2) is 38.1 Å². The third-order valence-corrected chi connectivity index (χ3v) is 4.66. The lowest BCUT2D eigenvalue weighted by molar-refractivity contribution is -0.122. The van der Waals surface area contributed by atoms with Gasteiger partial charge >= 0.3 is 5.69 Å². The average Bonchev–Trinajstić information content (AvgIpc) is 3.01. The highest BCUT2D eigenvalue weighted by Crippen LogP contribution is 2.11. The van der Waals surface area contributed by atoms with E-state index >= 15 is 0 Å². The van der Waals surface area contributed by atoms with Gasteiger partial charge in [0.25, 0.3) is 0 Å². The van der Waals surface area contributed by atoms with Gasteiger partial charge in [-0.05, 0) is 36.3 Å². The van der Waals surface area contributed by atoms with E-state index in [0.717, 1.165) is 25.2 Å². The van der Waals surface area contributed by atoms with Crippen LogP contribution in [0.2, 0.25) is 0 Å². The summed E-state index contributed by atoms with van der Waals surface area (Å²) in [6, 6.07) is 13.4. The average molecular weight is 367 g/mol. The van der Waals surface area contributed by atoms with Crippen LogP contribution in [0.3, 0.4) is 0 Å². The first kappa shape index (κ1) is 18.8. The minimum atomic E-state index is -0.317. The molecule has 0 fully saturated rings. The summed E-state index contributed by atoms with van der Waals surface area (Å²) < 4.78 is 2.61. The van der Waals surface area contributed by atoms with Gasteiger partial charge in [-0.25, -0.2) is 9.48 Å². The Labute approximate surface area is 158 Å². The summed E-state index contributed by atoms with van der Waals surface area (Å²) in [6.45, 7) is 7.42. The number of carbonyl (C=O) groups excluding carboxylic acids is 1. The summed E-state index contributed by atoms with van der Waals surface area (Å²) in [5, 5.41) is 7.09. The number of carbonyl (C=O) groups is 1. The maximum atomic E-state index is 12.3. The number of hydrogen-bond acceptors (Lipinski definition) is 4. The van der Waals surface area contributed by atoms with Crippen LogP contribution in [0.25, 0.3) is 5.65 Å². The van der Waals surface area contributed by atoms with Crippen molar-refractivity contribution < 1.29 is 4.79 Å². The number of nitrogens with zero attached hydrogens (tertiary/aromatic N) is 4. The number of benzene rings is 1. The number of rotatable bonds is 8. The highest BCUT2D eigenvalue weighted by Gasteiger charge is 2.11. The number of hydrogen-bond donors (Lipinski definition) is 1. The van der Waals surface area contributed by atoms with Crippen molar-refractivity contribution in [3.63, 3.8) is 0 Å². The molecule has 7 nitrogen and oxygen atoms in total. The molecule has 2 heterocycles. The maximum absolute atomic E-state index is 12.3. The van der Waals surface area contributed by atoms with Crippen LogP contribution in [0, 0.1) is 0 Å². The van der Waals surface area contributed by atoms with Crippen molar-refractivity contribution in [1.82, 2.24) is 24.4 Å². The number of aromatic nitrogens is 3. The third-order valence-electron chi connectivity index (χ3n) is 4.66. The minimum Gasteiger partial charge on any atom is -0.350 e. The number of nitrogens with one attached hydrogen (secondary N) is 1. The summed E-state index contributed by atoms with van der Waals surface area (Å²) in [7, 11) is 0. The zero-order chi connectivity index (χ0) is 19.2. The molecule has 1 aromatic carbocycles. The van der Waals surface area contributed by atoms with E-state index in [1.54, 1.807) is 24.4 Å². The first-order valence-corrected chi connectivity index (χ1v) is 9.22. The molecule has 0 radical (unpaired) electrons. The van der Waals surface area contributed by atoms with Gasteiger partial charge in [0, 0.05) is 19.3 Å². The molecule has 2 aromatic heterocycles. The van der Waals surface area contributed by atoms with Gasteiger partial charge in [-0.15, -0.1) is 5.10 Å². The topological polar surface area (TPSA) is 71.6 Å². The van der Waals surface area contributed by atoms with Gasteiger partial charge in [-0.3, -0.25) is 14.1 Å². The molecule has 142 valence electrons. The SMILES string of the molecule is CCN(CC)Cc1ccccc1CNC(=O)Cn1nc2ccccn2c1=O. The summed E-state index contributed by atoms with van der Waals surface area (Å²) in [4.78, 5) is 26.9. The van der Waals surface area contributed by atoms with Gasteiger partial charge in [0.05, 0.1) is 0 Å². The van der Waals surface area contributed by atoms with Crippen molar-refractivity contribution in [3.05, 3.63) is 70.3 Å². The smallest absolute Gasteiger partial charge is 0.350 e. The Morgan fingerprint density at radius 3 is 2.48 bits per heavy atom. The standard InChI is InChI=1S/C20H25N5O2/c1-3-23(4-2)14-17-10-6-5-9-16(17)13-21-19(26)15-25-20(27)24-12-8-7-11-18(24)22-25/h5-12H,3-4,13-15H2,1-2H3,(H,21,26). The fourth-order valence-corrected chi connectivity index (χ4v) is 3.03. The summed E-state index contributed by atoms with van der Waals surface area (Å²) in [6.07, 6.45) is 1.64. The lowest BCUT2D eigenvalue weighted by Crippen LogP contribution is -2.32. The second kappa shape index (κ2) is 8.64. The predicted octanol–water partition coefficient (Wildman–Crippen LogP) is 1.65. The van der Waals surface area contributed by atoms with E-state index in [-0.39, 0.29) is 18.1 Å². The maximum Gasteiger partial charge on any atom is 0.350 e. The van der Waals surface area contributed by atoms with Gasteiger partial charge < -0.3 is 5.32 Å². The lowest BCUT2D eigenvalue weighted by atomic mass is 10.1. The molecule has 0 unspecified atom stereocenters. The Balaban J connectivity index is 1.65. The fourth-order valence-electron chi connectivity index (χ4n) is 3.03. The van der Waals surface area contributed by atoms with E-state index in [2.05, 4.69) is 35.2 Å². The highest BCUT2D eigenvalue weighted by atomic mass is 16.2. The number of pyridine rings is 1. The molecule has 1 N–H and O–H groups in total. The minimum absolute atomic E-state index is 0.0985. The molecule has 0 aliphatic rings. The van der Waals surface area contributed by atoms with Crippen molar-refractivity contribution in [1.29, 1.82) is 0 Å². The third kappa shape index (κ3) is 4.43. The Kier molecular flexibility index (Phi) is 6.03. The van der Waals surface area contributed by atoms with Gasteiger partial charge in [-0.2, -0.15) is 0 Å².